The van der Waals surface area contributed by atoms with E-state index in [9.17, 15) is 48.6 Å². The highest BCUT2D eigenvalue weighted by molar-refractivity contribution is 5.95. The van der Waals surface area contributed by atoms with Crippen molar-refractivity contribution in [3.8, 4) is 0 Å². The van der Waals surface area contributed by atoms with E-state index in [1.54, 1.807) is 13.8 Å². The number of aliphatic hydroxyl groups is 1. The first-order chi connectivity index (χ1) is 24.9. The molecule has 0 radical (unpaired) electrons. The smallest absolute Gasteiger partial charge is 0.338 e. The first kappa shape index (κ1) is 47.9. The Morgan fingerprint density at radius 1 is 0.642 bits per heavy atom. The second kappa shape index (κ2) is 26.7. The van der Waals surface area contributed by atoms with E-state index in [1.165, 1.54) is 13.8 Å². The Morgan fingerprint density at radius 2 is 1.15 bits per heavy atom. The molecule has 0 saturated heterocycles. The van der Waals surface area contributed by atoms with Gasteiger partial charge in [0.05, 0.1) is 25.7 Å². The number of guanidine groups is 1. The van der Waals surface area contributed by atoms with E-state index in [0.717, 1.165) is 0 Å². The topological polar surface area (TPSA) is 353 Å². The van der Waals surface area contributed by atoms with Gasteiger partial charge < -0.3 is 53.2 Å². The molecule has 0 aromatic rings. The van der Waals surface area contributed by atoms with Crippen molar-refractivity contribution >= 4 is 53.3 Å². The van der Waals surface area contributed by atoms with E-state index in [1.807, 2.05) is 0 Å². The van der Waals surface area contributed by atoms with Gasteiger partial charge in [0.15, 0.2) is 0 Å². The summed E-state index contributed by atoms with van der Waals surface area (Å²) < 4.78 is 0. The molecule has 0 bridgehead atoms. The minimum absolute atomic E-state index is 0.0245. The summed E-state index contributed by atoms with van der Waals surface area (Å²) in [6.07, 6.45) is 2.64. The molecule has 0 fully saturated rings. The van der Waals surface area contributed by atoms with Crippen molar-refractivity contribution in [2.75, 3.05) is 32.8 Å². The zero-order valence-corrected chi connectivity index (χ0v) is 31.0. The van der Waals surface area contributed by atoms with Gasteiger partial charge in [0, 0.05) is 26.9 Å². The number of unbranched alkanes of at least 4 members (excludes halogenated alkanes) is 2. The van der Waals surface area contributed by atoms with Gasteiger partial charge in [0.1, 0.15) is 24.2 Å². The maximum absolute atomic E-state index is 13.4. The molecule has 0 aliphatic rings. The normalized spacial score (nSPS) is 13.6. The SMILES string of the molecule is CC(=O)NCCCC[C@H](NC(=O)[C@@H](NC(=O)CNC(=O)[C@H](CCCCNC(C)=O)NC(=O)[C@@H](N)CCC[NH+]=C(N)N)C(C)C)C(=O)N[C@@H](CO)C(=O)O. The van der Waals surface area contributed by atoms with Gasteiger partial charge in [-0.15, -0.1) is 0 Å². The lowest BCUT2D eigenvalue weighted by Crippen LogP contribution is -2.78. The van der Waals surface area contributed by atoms with Crippen LogP contribution >= 0.6 is 0 Å². The number of carbonyl (C=O) groups is 8. The Labute approximate surface area is 309 Å². The van der Waals surface area contributed by atoms with Gasteiger partial charge >= 0.3 is 11.9 Å². The third-order valence-electron chi connectivity index (χ3n) is 7.70. The summed E-state index contributed by atoms with van der Waals surface area (Å²) in [6.45, 7) is 5.55. The summed E-state index contributed by atoms with van der Waals surface area (Å²) in [6, 6.07) is -6.09. The summed E-state index contributed by atoms with van der Waals surface area (Å²) in [5.74, 6) is -6.11. The second-order valence-corrected chi connectivity index (χ2v) is 12.8. The van der Waals surface area contributed by atoms with Gasteiger partial charge in [-0.2, -0.15) is 0 Å². The minimum atomic E-state index is -1.62. The quantitative estimate of drug-likeness (QED) is 0.0211. The molecule has 0 aliphatic heterocycles. The summed E-state index contributed by atoms with van der Waals surface area (Å²) in [7, 11) is 0. The molecule has 302 valence electrons. The van der Waals surface area contributed by atoms with Crippen LogP contribution in [0.3, 0.4) is 0 Å². The zero-order chi connectivity index (χ0) is 40.5. The number of nitrogens with two attached hydrogens (primary N) is 3. The highest BCUT2D eigenvalue weighted by atomic mass is 16.4. The monoisotopic (exact) mass is 758 g/mol. The molecule has 0 heterocycles. The highest BCUT2D eigenvalue weighted by Gasteiger charge is 2.31. The Morgan fingerprint density at radius 3 is 1.62 bits per heavy atom. The Hall–Kier alpha value is -5.05. The van der Waals surface area contributed by atoms with Crippen LogP contribution in [0.1, 0.15) is 79.1 Å². The molecule has 0 rings (SSSR count). The highest BCUT2D eigenvalue weighted by Crippen LogP contribution is 2.07. The largest absolute Gasteiger partial charge is 0.480 e. The molecular formula is C32H60N11O10+. The fraction of sp³-hybridized carbons (Fsp3) is 0.719. The first-order valence-corrected chi connectivity index (χ1v) is 17.6. The van der Waals surface area contributed by atoms with Crippen molar-refractivity contribution < 1.29 is 53.6 Å². The van der Waals surface area contributed by atoms with Crippen LogP contribution in [0.25, 0.3) is 0 Å². The van der Waals surface area contributed by atoms with Crippen molar-refractivity contribution in [3.63, 3.8) is 0 Å². The van der Waals surface area contributed by atoms with Crippen LogP contribution in [0.4, 0.5) is 0 Å². The average molecular weight is 759 g/mol. The third kappa shape index (κ3) is 22.5. The average Bonchev–Trinajstić information content (AvgIpc) is 3.07. The standard InChI is InChI=1S/C32H59N11O10/c1-18(2)26(30(51)41-23(12-6-8-14-37-20(4)46)29(50)42-24(17-44)31(52)53)43-25(47)16-39-28(49)22(11-5-7-13-36-19(3)45)40-27(48)21(33)10-9-15-38-32(34)35/h18,21-24,26,44H,5-17,33H2,1-4H3,(H,36,45)(H,37,46)(H,39,49)(H,40,48)(H,41,51)(H,42,50)(H,43,47)(H,52,53)(H4,34,35,38)/p+1/t21-,22-,23-,24-,26-/m0/s1. The zero-order valence-electron chi connectivity index (χ0n) is 31.0. The lowest BCUT2D eigenvalue weighted by atomic mass is 10.0. The van der Waals surface area contributed by atoms with Crippen LogP contribution in [0, 0.1) is 5.92 Å². The van der Waals surface area contributed by atoms with E-state index in [4.69, 9.17) is 17.2 Å². The number of nitrogens with one attached hydrogen (secondary N) is 8. The number of aliphatic carboxylic acids is 1. The third-order valence-corrected chi connectivity index (χ3v) is 7.70. The maximum Gasteiger partial charge on any atom is 0.338 e. The van der Waals surface area contributed by atoms with Crippen molar-refractivity contribution in [1.82, 2.24) is 37.2 Å². The summed E-state index contributed by atoms with van der Waals surface area (Å²) >= 11 is 0. The molecule has 0 aliphatic carbocycles. The first-order valence-electron chi connectivity index (χ1n) is 17.6. The molecule has 0 unspecified atom stereocenters. The number of aliphatic hydroxyl groups excluding tert-OH is 1. The summed E-state index contributed by atoms with van der Waals surface area (Å²) in [5, 5.41) is 36.1. The van der Waals surface area contributed by atoms with Crippen LogP contribution in [0.5, 0.6) is 0 Å². The van der Waals surface area contributed by atoms with Crippen LogP contribution in [-0.2, 0) is 38.4 Å². The van der Waals surface area contributed by atoms with Crippen LogP contribution in [0.15, 0.2) is 0 Å². The number of hydrogen-bond donors (Lipinski definition) is 13. The van der Waals surface area contributed by atoms with Crippen molar-refractivity contribution in [1.29, 1.82) is 0 Å². The van der Waals surface area contributed by atoms with E-state index in [-0.39, 0.29) is 37.0 Å². The number of carboxylic acid groups (broad SMARTS) is 1. The molecule has 0 aromatic carbocycles. The molecule has 0 spiro atoms. The Balaban J connectivity index is 5.59. The number of rotatable bonds is 27. The molecule has 5 atom stereocenters. The van der Waals surface area contributed by atoms with Crippen molar-refractivity contribution in [2.24, 2.45) is 23.1 Å². The van der Waals surface area contributed by atoms with Gasteiger partial charge in [-0.05, 0) is 57.3 Å². The maximum atomic E-state index is 13.4. The van der Waals surface area contributed by atoms with E-state index < -0.39 is 84.8 Å². The molecule has 21 heteroatoms. The number of amides is 7. The predicted octanol–water partition coefficient (Wildman–Crippen LogP) is -6.15. The van der Waals surface area contributed by atoms with Crippen LogP contribution in [0.2, 0.25) is 0 Å². The molecule has 7 amide bonds. The lowest BCUT2D eigenvalue weighted by Gasteiger charge is -2.26. The fourth-order valence-corrected chi connectivity index (χ4v) is 4.75. The van der Waals surface area contributed by atoms with Gasteiger partial charge in [-0.1, -0.05) is 13.8 Å². The second-order valence-electron chi connectivity index (χ2n) is 12.8. The van der Waals surface area contributed by atoms with Crippen molar-refractivity contribution in [3.05, 3.63) is 0 Å². The van der Waals surface area contributed by atoms with Crippen LogP contribution < -0.4 is 59.4 Å². The van der Waals surface area contributed by atoms with E-state index in [2.05, 4.69) is 42.2 Å². The molecule has 16 N–H and O–H groups in total. The Kier molecular flexibility index (Phi) is 24.1. The van der Waals surface area contributed by atoms with E-state index >= 15 is 0 Å². The fourth-order valence-electron chi connectivity index (χ4n) is 4.75. The molecule has 0 aromatic heterocycles. The lowest BCUT2D eigenvalue weighted by molar-refractivity contribution is -0.459. The summed E-state index contributed by atoms with van der Waals surface area (Å²) in [5.41, 5.74) is 16.7. The number of hydrogen-bond acceptors (Lipinski definition) is 10. The number of carbonyl (C=O) groups excluding carboxylic acids is 7. The van der Waals surface area contributed by atoms with Gasteiger partial charge in [-0.25, -0.2) is 4.79 Å². The summed E-state index contributed by atoms with van der Waals surface area (Å²) in [4.78, 5) is 102. The Bertz CT molecular complexity index is 1260. The minimum Gasteiger partial charge on any atom is -0.480 e. The van der Waals surface area contributed by atoms with Gasteiger partial charge in [-0.3, -0.25) is 50.0 Å². The molecular weight excluding hydrogens is 698 g/mol. The van der Waals surface area contributed by atoms with Crippen LogP contribution in [-0.4, -0.2) is 126 Å². The predicted molar refractivity (Wildman–Crippen MR) is 192 cm³/mol. The molecule has 53 heavy (non-hydrogen) atoms. The van der Waals surface area contributed by atoms with E-state index in [0.29, 0.717) is 51.7 Å². The molecule has 0 saturated carbocycles. The van der Waals surface area contributed by atoms with Crippen molar-refractivity contribution in [2.45, 2.75) is 109 Å². The number of carboxylic acids is 1. The van der Waals surface area contributed by atoms with Gasteiger partial charge in [0.2, 0.25) is 41.4 Å². The molecule has 21 nitrogen and oxygen atoms in total. The van der Waals surface area contributed by atoms with Gasteiger partial charge in [0.25, 0.3) is 0 Å².